The molecule has 1 atom stereocenters. The van der Waals surface area contributed by atoms with Crippen molar-refractivity contribution >= 4 is 21.8 Å². The number of carbonyl (C=O) groups is 1. The molecule has 2 aliphatic heterocycles. The lowest BCUT2D eigenvalue weighted by Gasteiger charge is -2.27. The van der Waals surface area contributed by atoms with Gasteiger partial charge >= 0.3 is 5.97 Å². The molecule has 0 aromatic heterocycles. The minimum atomic E-state index is -3.36. The highest BCUT2D eigenvalue weighted by molar-refractivity contribution is 7.90. The zero-order chi connectivity index (χ0) is 14.3. The molecule has 0 saturated heterocycles. The van der Waals surface area contributed by atoms with Crippen LogP contribution in [0, 0.1) is 5.92 Å². The maximum atomic E-state index is 12.0. The van der Waals surface area contributed by atoms with Gasteiger partial charge in [-0.1, -0.05) is 0 Å². The van der Waals surface area contributed by atoms with Crippen molar-refractivity contribution in [1.82, 2.24) is 4.90 Å². The Morgan fingerprint density at radius 1 is 1.45 bits per heavy atom. The molecule has 0 N–H and O–H groups in total. The minimum Gasteiger partial charge on any atom is -0.459 e. The smallest absolute Gasteiger partial charge is 0.339 e. The Balaban J connectivity index is 1.72. The van der Waals surface area contributed by atoms with Gasteiger partial charge in [-0.25, -0.2) is 13.2 Å². The standard InChI is InChI=1S/C13H16N2O4S/c1-9(10-2-3-10)19-13(16)11-4-5-12-14-20(17,18)7-6-15(12)8-11/h4-5,8-10H,2-3,6-7H2,1H3. The van der Waals surface area contributed by atoms with Crippen LogP contribution in [-0.2, 0) is 19.6 Å². The quantitative estimate of drug-likeness (QED) is 0.721. The lowest BCUT2D eigenvalue weighted by atomic mass is 10.2. The second kappa shape index (κ2) is 4.73. The molecule has 7 heteroatoms. The normalized spacial score (nSPS) is 25.4. The number of nitrogens with zero attached hydrogens (tertiary/aromatic N) is 2. The highest BCUT2D eigenvalue weighted by Gasteiger charge is 2.32. The molecule has 108 valence electrons. The Morgan fingerprint density at radius 2 is 2.20 bits per heavy atom. The number of esters is 1. The third-order valence-electron chi connectivity index (χ3n) is 3.64. The average molecular weight is 296 g/mol. The van der Waals surface area contributed by atoms with Crippen LogP contribution in [0.2, 0.25) is 0 Å². The molecule has 3 aliphatic rings. The molecular weight excluding hydrogens is 280 g/mol. The van der Waals surface area contributed by atoms with Gasteiger partial charge in [0.1, 0.15) is 11.9 Å². The van der Waals surface area contributed by atoms with Crippen LogP contribution in [0.3, 0.4) is 0 Å². The van der Waals surface area contributed by atoms with Crippen LogP contribution in [0.5, 0.6) is 0 Å². The van der Waals surface area contributed by atoms with Crippen molar-refractivity contribution in [2.24, 2.45) is 10.3 Å². The summed E-state index contributed by atoms with van der Waals surface area (Å²) >= 11 is 0. The van der Waals surface area contributed by atoms with E-state index >= 15 is 0 Å². The van der Waals surface area contributed by atoms with E-state index in [9.17, 15) is 13.2 Å². The van der Waals surface area contributed by atoms with E-state index in [4.69, 9.17) is 4.74 Å². The van der Waals surface area contributed by atoms with Crippen molar-refractivity contribution < 1.29 is 17.9 Å². The van der Waals surface area contributed by atoms with Gasteiger partial charge in [-0.2, -0.15) is 0 Å². The van der Waals surface area contributed by atoms with Gasteiger partial charge in [0.25, 0.3) is 10.0 Å². The van der Waals surface area contributed by atoms with E-state index < -0.39 is 10.0 Å². The van der Waals surface area contributed by atoms with E-state index in [0.717, 1.165) is 12.8 Å². The summed E-state index contributed by atoms with van der Waals surface area (Å²) in [7, 11) is -3.36. The first-order chi connectivity index (χ1) is 9.44. The maximum Gasteiger partial charge on any atom is 0.339 e. The summed E-state index contributed by atoms with van der Waals surface area (Å²) in [5.41, 5.74) is 0.427. The molecule has 0 spiro atoms. The summed E-state index contributed by atoms with van der Waals surface area (Å²) in [6, 6.07) is 0. The van der Waals surface area contributed by atoms with Gasteiger partial charge in [-0.05, 0) is 37.8 Å². The molecule has 1 saturated carbocycles. The number of carbonyl (C=O) groups excluding carboxylic acids is 1. The molecule has 20 heavy (non-hydrogen) atoms. The molecule has 1 aliphatic carbocycles. The van der Waals surface area contributed by atoms with Crippen LogP contribution in [0.15, 0.2) is 28.3 Å². The van der Waals surface area contributed by atoms with E-state index in [0.29, 0.717) is 23.9 Å². The number of hydrogen-bond donors (Lipinski definition) is 0. The summed E-state index contributed by atoms with van der Waals surface area (Å²) in [5.74, 6) is 0.433. The Kier molecular flexibility index (Phi) is 3.16. The highest BCUT2D eigenvalue weighted by Crippen LogP contribution is 2.34. The van der Waals surface area contributed by atoms with Crippen LogP contribution in [-0.4, -0.2) is 43.5 Å². The van der Waals surface area contributed by atoms with Crippen molar-refractivity contribution in [2.45, 2.75) is 25.9 Å². The molecular formula is C13H16N2O4S. The van der Waals surface area contributed by atoms with E-state index in [2.05, 4.69) is 4.40 Å². The van der Waals surface area contributed by atoms with Crippen molar-refractivity contribution in [3.05, 3.63) is 23.9 Å². The second-order valence-corrected chi connectivity index (χ2v) is 7.05. The Labute approximate surface area is 117 Å². The van der Waals surface area contributed by atoms with Crippen LogP contribution in [0.25, 0.3) is 0 Å². The fourth-order valence-corrected chi connectivity index (χ4v) is 3.19. The summed E-state index contributed by atoms with van der Waals surface area (Å²) in [6.45, 7) is 2.21. The molecule has 1 fully saturated rings. The molecule has 2 heterocycles. The average Bonchev–Trinajstić information content (AvgIpc) is 3.21. The minimum absolute atomic E-state index is 0.0400. The number of ether oxygens (including phenoxy) is 1. The lowest BCUT2D eigenvalue weighted by molar-refractivity contribution is -0.144. The molecule has 0 aromatic rings. The Morgan fingerprint density at radius 3 is 2.90 bits per heavy atom. The maximum absolute atomic E-state index is 12.0. The molecule has 0 aromatic carbocycles. The molecule has 0 radical (unpaired) electrons. The fourth-order valence-electron chi connectivity index (χ4n) is 2.22. The van der Waals surface area contributed by atoms with Crippen molar-refractivity contribution in [2.75, 3.05) is 12.3 Å². The van der Waals surface area contributed by atoms with Gasteiger partial charge in [0.15, 0.2) is 0 Å². The number of fused-ring (bicyclic) bond motifs is 1. The predicted molar refractivity (Wildman–Crippen MR) is 73.4 cm³/mol. The lowest BCUT2D eigenvalue weighted by Crippen LogP contribution is -2.37. The topological polar surface area (TPSA) is 76.0 Å². The second-order valence-electron chi connectivity index (χ2n) is 5.29. The van der Waals surface area contributed by atoms with Crippen molar-refractivity contribution in [3.8, 4) is 0 Å². The Hall–Kier alpha value is -1.63. The van der Waals surface area contributed by atoms with Gasteiger partial charge in [-0.15, -0.1) is 4.40 Å². The van der Waals surface area contributed by atoms with Crippen molar-refractivity contribution in [1.29, 1.82) is 0 Å². The van der Waals surface area contributed by atoms with Gasteiger partial charge in [0.05, 0.1) is 11.3 Å². The van der Waals surface area contributed by atoms with Gasteiger partial charge in [0, 0.05) is 12.7 Å². The largest absolute Gasteiger partial charge is 0.459 e. The first-order valence-electron chi connectivity index (χ1n) is 6.65. The summed E-state index contributed by atoms with van der Waals surface area (Å²) in [4.78, 5) is 13.7. The summed E-state index contributed by atoms with van der Waals surface area (Å²) in [6.07, 6.45) is 6.87. The SMILES string of the molecule is CC(OC(=O)C1=CN2CCS(=O)(=O)N=C2C=C1)C1CC1. The molecule has 0 amide bonds. The monoisotopic (exact) mass is 296 g/mol. The van der Waals surface area contributed by atoms with Crippen LogP contribution >= 0.6 is 0 Å². The number of rotatable bonds is 3. The van der Waals surface area contributed by atoms with E-state index in [1.165, 1.54) is 6.08 Å². The van der Waals surface area contributed by atoms with Crippen LogP contribution in [0.4, 0.5) is 0 Å². The zero-order valence-electron chi connectivity index (χ0n) is 11.2. The van der Waals surface area contributed by atoms with E-state index in [1.807, 2.05) is 6.92 Å². The summed E-state index contributed by atoms with van der Waals surface area (Å²) in [5, 5.41) is 0. The predicted octanol–water partition coefficient (Wildman–Crippen LogP) is 0.826. The summed E-state index contributed by atoms with van der Waals surface area (Å²) < 4.78 is 31.8. The van der Waals surface area contributed by atoms with Gasteiger partial charge in [0.2, 0.25) is 0 Å². The highest BCUT2D eigenvalue weighted by atomic mass is 32.2. The first kappa shape index (κ1) is 13.4. The van der Waals surface area contributed by atoms with E-state index in [1.54, 1.807) is 17.2 Å². The number of hydrogen-bond acceptors (Lipinski definition) is 5. The van der Waals surface area contributed by atoms with E-state index in [-0.39, 0.29) is 17.8 Å². The third-order valence-corrected chi connectivity index (χ3v) is 4.80. The van der Waals surface area contributed by atoms with Crippen molar-refractivity contribution in [3.63, 3.8) is 0 Å². The molecule has 0 bridgehead atoms. The fraction of sp³-hybridized carbons (Fsp3) is 0.538. The first-order valence-corrected chi connectivity index (χ1v) is 8.26. The third kappa shape index (κ3) is 2.77. The van der Waals surface area contributed by atoms with Crippen LogP contribution in [0.1, 0.15) is 19.8 Å². The molecule has 1 unspecified atom stereocenters. The van der Waals surface area contributed by atoms with Crippen LogP contribution < -0.4 is 0 Å². The number of sulfonamides is 1. The van der Waals surface area contributed by atoms with Gasteiger partial charge < -0.3 is 9.64 Å². The molecule has 6 nitrogen and oxygen atoms in total. The van der Waals surface area contributed by atoms with Gasteiger partial charge in [-0.3, -0.25) is 0 Å². The Bertz CT molecular complexity index is 629. The number of amidine groups is 1. The zero-order valence-corrected chi connectivity index (χ0v) is 12.0. The molecule has 3 rings (SSSR count).